The van der Waals surface area contributed by atoms with Crippen molar-refractivity contribution in [1.29, 1.82) is 0 Å². The lowest BCUT2D eigenvalue weighted by Gasteiger charge is -2.25. The number of amides is 1. The summed E-state index contributed by atoms with van der Waals surface area (Å²) < 4.78 is 27.8. The smallest absolute Gasteiger partial charge is 0.243 e. The van der Waals surface area contributed by atoms with Crippen LogP contribution in [0.25, 0.3) is 0 Å². The van der Waals surface area contributed by atoms with Crippen LogP contribution in [0.15, 0.2) is 53.4 Å². The van der Waals surface area contributed by atoms with Crippen LogP contribution >= 0.6 is 0 Å². The summed E-state index contributed by atoms with van der Waals surface area (Å²) in [6, 6.07) is 14.5. The molecule has 0 spiro atoms. The van der Waals surface area contributed by atoms with Gasteiger partial charge in [0.1, 0.15) is 0 Å². The number of carbonyl (C=O) groups excluding carboxylic acids is 1. The lowest BCUT2D eigenvalue weighted by Crippen LogP contribution is -2.41. The molecule has 0 unspecified atom stereocenters. The summed E-state index contributed by atoms with van der Waals surface area (Å²) in [5.74, 6) is -0.129. The van der Waals surface area contributed by atoms with Gasteiger partial charge in [0.2, 0.25) is 15.9 Å². The summed E-state index contributed by atoms with van der Waals surface area (Å²) in [4.78, 5) is 14.6. The molecule has 2 aromatic carbocycles. The highest BCUT2D eigenvalue weighted by Gasteiger charge is 2.29. The van der Waals surface area contributed by atoms with Crippen molar-refractivity contribution in [2.75, 3.05) is 19.6 Å². The second-order valence-electron chi connectivity index (χ2n) is 7.16. The van der Waals surface area contributed by atoms with Crippen molar-refractivity contribution in [3.8, 4) is 0 Å². The van der Waals surface area contributed by atoms with Gasteiger partial charge in [-0.2, -0.15) is 4.31 Å². The van der Waals surface area contributed by atoms with E-state index in [0.717, 1.165) is 29.5 Å². The number of carbonyl (C=O) groups is 1. The minimum absolute atomic E-state index is 0.129. The number of hydrogen-bond donors (Lipinski definition) is 0. The van der Waals surface area contributed by atoms with Crippen molar-refractivity contribution in [2.24, 2.45) is 0 Å². The normalized spacial score (nSPS) is 14.7. The zero-order valence-corrected chi connectivity index (χ0v) is 16.7. The summed E-state index contributed by atoms with van der Waals surface area (Å²) >= 11 is 0. The lowest BCUT2D eigenvalue weighted by molar-refractivity contribution is -0.130. The fourth-order valence-electron chi connectivity index (χ4n) is 3.32. The molecule has 144 valence electrons. The third-order valence-corrected chi connectivity index (χ3v) is 6.68. The van der Waals surface area contributed by atoms with Crippen molar-refractivity contribution in [1.82, 2.24) is 9.21 Å². The van der Waals surface area contributed by atoms with Gasteiger partial charge in [-0.3, -0.25) is 4.79 Å². The quantitative estimate of drug-likeness (QED) is 0.766. The Kier molecular flexibility index (Phi) is 5.97. The van der Waals surface area contributed by atoms with Crippen LogP contribution < -0.4 is 0 Å². The van der Waals surface area contributed by atoms with Crippen LogP contribution in [0.2, 0.25) is 0 Å². The first-order chi connectivity index (χ1) is 12.9. The maximum absolute atomic E-state index is 13.2. The molecule has 27 heavy (non-hydrogen) atoms. The fourth-order valence-corrected chi connectivity index (χ4v) is 4.69. The van der Waals surface area contributed by atoms with E-state index in [-0.39, 0.29) is 23.9 Å². The third kappa shape index (κ3) is 4.76. The molecule has 1 aliphatic rings. The summed E-state index contributed by atoms with van der Waals surface area (Å²) in [6.45, 7) is 5.35. The van der Waals surface area contributed by atoms with Crippen LogP contribution in [-0.2, 0) is 21.4 Å². The predicted molar refractivity (Wildman–Crippen MR) is 106 cm³/mol. The van der Waals surface area contributed by atoms with Gasteiger partial charge < -0.3 is 4.90 Å². The Balaban J connectivity index is 1.90. The molecule has 3 rings (SSSR count). The van der Waals surface area contributed by atoms with Crippen LogP contribution in [0.3, 0.4) is 0 Å². The number of aryl methyl sites for hydroxylation is 2. The van der Waals surface area contributed by atoms with E-state index < -0.39 is 10.0 Å². The summed E-state index contributed by atoms with van der Waals surface area (Å²) in [6.07, 6.45) is 1.96. The van der Waals surface area contributed by atoms with E-state index in [2.05, 4.69) is 0 Å². The largest absolute Gasteiger partial charge is 0.342 e. The van der Waals surface area contributed by atoms with Gasteiger partial charge in [0.05, 0.1) is 11.4 Å². The van der Waals surface area contributed by atoms with Crippen molar-refractivity contribution >= 4 is 15.9 Å². The fraction of sp³-hybridized carbons (Fsp3) is 0.381. The maximum Gasteiger partial charge on any atom is 0.243 e. The number of rotatable bonds is 6. The van der Waals surface area contributed by atoms with Gasteiger partial charge >= 0.3 is 0 Å². The summed E-state index contributed by atoms with van der Waals surface area (Å²) in [7, 11) is -3.77. The van der Waals surface area contributed by atoms with Gasteiger partial charge in [-0.25, -0.2) is 8.42 Å². The monoisotopic (exact) mass is 386 g/mol. The zero-order valence-electron chi connectivity index (χ0n) is 15.9. The van der Waals surface area contributed by atoms with Crippen LogP contribution in [0, 0.1) is 13.8 Å². The first-order valence-electron chi connectivity index (χ1n) is 9.26. The molecule has 6 heteroatoms. The molecule has 2 aromatic rings. The first-order valence-corrected chi connectivity index (χ1v) is 10.7. The van der Waals surface area contributed by atoms with Gasteiger partial charge in [0, 0.05) is 19.6 Å². The van der Waals surface area contributed by atoms with E-state index in [9.17, 15) is 13.2 Å². The highest BCUT2D eigenvalue weighted by molar-refractivity contribution is 7.89. The third-order valence-electron chi connectivity index (χ3n) is 4.87. The molecular weight excluding hydrogens is 360 g/mol. The van der Waals surface area contributed by atoms with Gasteiger partial charge in [0.15, 0.2) is 0 Å². The molecule has 0 radical (unpaired) electrons. The Morgan fingerprint density at radius 2 is 1.67 bits per heavy atom. The van der Waals surface area contributed by atoms with Crippen LogP contribution in [0.1, 0.15) is 29.5 Å². The number of likely N-dealkylation sites (tertiary alicyclic amines) is 1. The molecule has 5 nitrogen and oxygen atoms in total. The topological polar surface area (TPSA) is 57.7 Å². The molecule has 1 heterocycles. The SMILES string of the molecule is Cc1ccc(S(=O)(=O)N(CC(=O)N2CCCC2)Cc2cccc(C)c2)cc1. The van der Waals surface area contributed by atoms with E-state index in [1.54, 1.807) is 29.2 Å². The standard InChI is InChI=1S/C21H26N2O3S/c1-17-8-10-20(11-9-17)27(25,26)23(15-19-7-5-6-18(2)14-19)16-21(24)22-12-3-4-13-22/h5-11,14H,3-4,12-13,15-16H2,1-2H3. The number of hydrogen-bond acceptors (Lipinski definition) is 3. The Bertz CT molecular complexity index is 901. The van der Waals surface area contributed by atoms with Crippen molar-refractivity contribution in [2.45, 2.75) is 38.1 Å². The van der Waals surface area contributed by atoms with Crippen LogP contribution in [0.5, 0.6) is 0 Å². The Morgan fingerprint density at radius 1 is 1.00 bits per heavy atom. The van der Waals surface area contributed by atoms with Gasteiger partial charge in [0.25, 0.3) is 0 Å². The van der Waals surface area contributed by atoms with Gasteiger partial charge in [-0.1, -0.05) is 47.5 Å². The van der Waals surface area contributed by atoms with E-state index in [4.69, 9.17) is 0 Å². The van der Waals surface area contributed by atoms with Gasteiger partial charge in [-0.05, 0) is 44.4 Å². The molecule has 1 fully saturated rings. The van der Waals surface area contributed by atoms with Crippen LogP contribution in [0.4, 0.5) is 0 Å². The lowest BCUT2D eigenvalue weighted by atomic mass is 10.1. The Labute approximate surface area is 161 Å². The average molecular weight is 387 g/mol. The molecular formula is C21H26N2O3S. The van der Waals surface area contributed by atoms with E-state index in [0.29, 0.717) is 13.1 Å². The van der Waals surface area contributed by atoms with E-state index >= 15 is 0 Å². The predicted octanol–water partition coefficient (Wildman–Crippen LogP) is 3.12. The van der Waals surface area contributed by atoms with Crippen LogP contribution in [-0.4, -0.2) is 43.2 Å². The minimum atomic E-state index is -3.77. The van der Waals surface area contributed by atoms with Crippen molar-refractivity contribution in [3.63, 3.8) is 0 Å². The molecule has 1 saturated heterocycles. The molecule has 0 aliphatic carbocycles. The van der Waals surface area contributed by atoms with E-state index in [1.807, 2.05) is 38.1 Å². The van der Waals surface area contributed by atoms with Gasteiger partial charge in [-0.15, -0.1) is 0 Å². The number of benzene rings is 2. The second-order valence-corrected chi connectivity index (χ2v) is 9.10. The molecule has 1 amide bonds. The minimum Gasteiger partial charge on any atom is -0.342 e. The summed E-state index contributed by atoms with van der Waals surface area (Å²) in [5.41, 5.74) is 2.93. The summed E-state index contributed by atoms with van der Waals surface area (Å²) in [5, 5.41) is 0. The molecule has 0 atom stereocenters. The molecule has 0 aromatic heterocycles. The highest BCUT2D eigenvalue weighted by Crippen LogP contribution is 2.20. The molecule has 0 bridgehead atoms. The average Bonchev–Trinajstić information content (AvgIpc) is 3.16. The number of nitrogens with zero attached hydrogens (tertiary/aromatic N) is 2. The molecule has 0 N–H and O–H groups in total. The Hall–Kier alpha value is -2.18. The van der Waals surface area contributed by atoms with Crippen molar-refractivity contribution in [3.05, 3.63) is 65.2 Å². The maximum atomic E-state index is 13.2. The second kappa shape index (κ2) is 8.23. The molecule has 0 saturated carbocycles. The van der Waals surface area contributed by atoms with E-state index in [1.165, 1.54) is 4.31 Å². The number of sulfonamides is 1. The zero-order chi connectivity index (χ0) is 19.4. The highest BCUT2D eigenvalue weighted by atomic mass is 32.2. The molecule has 1 aliphatic heterocycles. The Morgan fingerprint density at radius 3 is 2.30 bits per heavy atom. The van der Waals surface area contributed by atoms with Crippen molar-refractivity contribution < 1.29 is 13.2 Å². The first kappa shape index (κ1) is 19.6.